The normalized spacial score (nSPS) is 26.3. The molecule has 1 saturated carbocycles. The topological polar surface area (TPSA) is 99.0 Å². The summed E-state index contributed by atoms with van der Waals surface area (Å²) in [6, 6.07) is -1.95. The number of nitrogens with one attached hydrogen (secondary N) is 2. The van der Waals surface area contributed by atoms with Crippen LogP contribution in [-0.4, -0.2) is 63.6 Å². The molecular formula is C17H17F3N6O2S. The lowest BCUT2D eigenvalue weighted by Gasteiger charge is -2.26. The Morgan fingerprint density at radius 3 is 2.83 bits per heavy atom. The van der Waals surface area contributed by atoms with Crippen LogP contribution >= 0.6 is 11.5 Å². The number of aromatic nitrogens is 1. The molecule has 0 spiro atoms. The highest BCUT2D eigenvalue weighted by molar-refractivity contribution is 7.03. The highest BCUT2D eigenvalue weighted by Gasteiger charge is 2.45. The first-order chi connectivity index (χ1) is 13.7. The van der Waals surface area contributed by atoms with Crippen LogP contribution in [0.4, 0.5) is 23.8 Å². The number of amidine groups is 1. The van der Waals surface area contributed by atoms with Gasteiger partial charge in [0.1, 0.15) is 23.6 Å². The standard InChI is InChI=1S/C17H17F3N6O2S/c1-8(17(18,19)20)21-15(27)11-3-2-10-14(23-11)26(7-9-6-12(9)22-10)16(28)24-13-4-5-29-25-13/h2-5,8-9,11-12H,6-7H2,1H3,(H,21,27)(H,24,25,28)/t8-,9?,11?,12?/m1/s1. The molecule has 4 atom stereocenters. The van der Waals surface area contributed by atoms with Crippen LogP contribution in [0.5, 0.6) is 0 Å². The Bertz CT molecular complexity index is 911. The highest BCUT2D eigenvalue weighted by atomic mass is 32.1. The quantitative estimate of drug-likeness (QED) is 0.775. The molecule has 3 amide bonds. The van der Waals surface area contributed by atoms with Crippen LogP contribution < -0.4 is 10.6 Å². The summed E-state index contributed by atoms with van der Waals surface area (Å²) in [6.45, 7) is 1.21. The summed E-state index contributed by atoms with van der Waals surface area (Å²) in [7, 11) is 0. The molecule has 2 aliphatic heterocycles. The van der Waals surface area contributed by atoms with Crippen molar-refractivity contribution in [1.29, 1.82) is 0 Å². The largest absolute Gasteiger partial charge is 0.408 e. The van der Waals surface area contributed by atoms with Gasteiger partial charge >= 0.3 is 12.2 Å². The second kappa shape index (κ2) is 7.25. The SMILES string of the molecule is C[C@@H](NC(=O)C1C=CC2=NC3CC3CN(C(=O)Nc3ccsn3)C2=N1)C(F)(F)F. The summed E-state index contributed by atoms with van der Waals surface area (Å²) >= 11 is 1.18. The van der Waals surface area contributed by atoms with Crippen LogP contribution in [0.2, 0.25) is 0 Å². The average Bonchev–Trinajstić information content (AvgIpc) is 3.21. The zero-order valence-corrected chi connectivity index (χ0v) is 16.0. The third kappa shape index (κ3) is 4.16. The van der Waals surface area contributed by atoms with E-state index in [0.29, 0.717) is 18.1 Å². The monoisotopic (exact) mass is 426 g/mol. The molecule has 0 saturated heterocycles. The smallest absolute Gasteiger partial charge is 0.342 e. The third-order valence-corrected chi connectivity index (χ3v) is 5.39. The number of amides is 3. The van der Waals surface area contributed by atoms with E-state index in [1.807, 2.05) is 5.32 Å². The van der Waals surface area contributed by atoms with Crippen LogP contribution in [0.25, 0.3) is 0 Å². The number of alkyl halides is 3. The average molecular weight is 426 g/mol. The lowest BCUT2D eigenvalue weighted by atomic mass is 10.1. The maximum absolute atomic E-state index is 12.8. The van der Waals surface area contributed by atoms with Crippen LogP contribution in [0.3, 0.4) is 0 Å². The maximum atomic E-state index is 12.8. The Morgan fingerprint density at radius 1 is 1.34 bits per heavy atom. The van der Waals surface area contributed by atoms with E-state index in [9.17, 15) is 22.8 Å². The van der Waals surface area contributed by atoms with Crippen molar-refractivity contribution in [2.45, 2.75) is 37.6 Å². The number of dihydropyridines is 1. The number of carbonyl (C=O) groups is 2. The van der Waals surface area contributed by atoms with E-state index in [1.54, 1.807) is 11.4 Å². The Hall–Kier alpha value is -2.76. The molecule has 1 aromatic rings. The van der Waals surface area contributed by atoms with E-state index in [-0.39, 0.29) is 17.8 Å². The number of urea groups is 1. The number of carbonyl (C=O) groups excluding carboxylic acids is 2. The third-order valence-electron chi connectivity index (χ3n) is 4.83. The highest BCUT2D eigenvalue weighted by Crippen LogP contribution is 2.37. The molecule has 0 bridgehead atoms. The van der Waals surface area contributed by atoms with Crippen molar-refractivity contribution in [2.24, 2.45) is 15.9 Å². The first-order valence-corrected chi connectivity index (χ1v) is 9.76. The first kappa shape index (κ1) is 19.6. The van der Waals surface area contributed by atoms with Crippen molar-refractivity contribution < 1.29 is 22.8 Å². The van der Waals surface area contributed by atoms with E-state index < -0.39 is 30.2 Å². The summed E-state index contributed by atoms with van der Waals surface area (Å²) < 4.78 is 42.3. The van der Waals surface area contributed by atoms with Crippen LogP contribution in [0.15, 0.2) is 33.6 Å². The van der Waals surface area contributed by atoms with Gasteiger partial charge in [-0.3, -0.25) is 20.0 Å². The summed E-state index contributed by atoms with van der Waals surface area (Å²) in [4.78, 5) is 35.3. The van der Waals surface area contributed by atoms with Gasteiger partial charge in [0, 0.05) is 17.8 Å². The van der Waals surface area contributed by atoms with E-state index in [0.717, 1.165) is 13.3 Å². The fourth-order valence-corrected chi connectivity index (χ4v) is 3.52. The molecule has 154 valence electrons. The zero-order chi connectivity index (χ0) is 20.8. The molecule has 3 heterocycles. The fourth-order valence-electron chi connectivity index (χ4n) is 3.05. The lowest BCUT2D eigenvalue weighted by Crippen LogP contribution is -2.49. The number of fused-ring (bicyclic) bond motifs is 2. The summed E-state index contributed by atoms with van der Waals surface area (Å²) in [6.07, 6.45) is -0.788. The number of rotatable bonds is 3. The molecule has 1 aromatic heterocycles. The maximum Gasteiger partial charge on any atom is 0.408 e. The number of hydrogen-bond donors (Lipinski definition) is 2. The van der Waals surface area contributed by atoms with Gasteiger partial charge in [-0.05, 0) is 43.1 Å². The molecule has 3 aliphatic rings. The number of nitrogens with zero attached hydrogens (tertiary/aromatic N) is 4. The van der Waals surface area contributed by atoms with Gasteiger partial charge in [-0.1, -0.05) is 0 Å². The molecule has 29 heavy (non-hydrogen) atoms. The van der Waals surface area contributed by atoms with Gasteiger partial charge < -0.3 is 5.32 Å². The van der Waals surface area contributed by atoms with Gasteiger partial charge in [-0.2, -0.15) is 17.5 Å². The van der Waals surface area contributed by atoms with Gasteiger partial charge in [0.25, 0.3) is 0 Å². The predicted octanol–water partition coefficient (Wildman–Crippen LogP) is 2.22. The minimum Gasteiger partial charge on any atom is -0.342 e. The molecule has 2 N–H and O–H groups in total. The molecule has 12 heteroatoms. The Labute approximate surface area is 167 Å². The van der Waals surface area contributed by atoms with E-state index in [1.165, 1.54) is 28.6 Å². The van der Waals surface area contributed by atoms with Crippen molar-refractivity contribution in [3.05, 3.63) is 23.6 Å². The fraction of sp³-hybridized carbons (Fsp3) is 0.471. The van der Waals surface area contributed by atoms with Crippen molar-refractivity contribution in [1.82, 2.24) is 14.6 Å². The van der Waals surface area contributed by atoms with Crippen molar-refractivity contribution in [3.63, 3.8) is 0 Å². The molecule has 0 radical (unpaired) electrons. The molecule has 1 aliphatic carbocycles. The molecule has 3 unspecified atom stereocenters. The lowest BCUT2D eigenvalue weighted by molar-refractivity contribution is -0.158. The van der Waals surface area contributed by atoms with Crippen LogP contribution in [0, 0.1) is 5.92 Å². The van der Waals surface area contributed by atoms with E-state index in [2.05, 4.69) is 19.7 Å². The van der Waals surface area contributed by atoms with E-state index in [4.69, 9.17) is 0 Å². The molecular weight excluding hydrogens is 409 g/mol. The molecule has 1 fully saturated rings. The van der Waals surface area contributed by atoms with Crippen LogP contribution in [-0.2, 0) is 4.79 Å². The number of hydrogen-bond acceptors (Lipinski definition) is 6. The minimum absolute atomic E-state index is 0.0764. The van der Waals surface area contributed by atoms with Gasteiger partial charge in [0.2, 0.25) is 5.91 Å². The summed E-state index contributed by atoms with van der Waals surface area (Å²) in [5.41, 5.74) is 0.441. The number of anilines is 1. The molecule has 4 rings (SSSR count). The predicted molar refractivity (Wildman–Crippen MR) is 101 cm³/mol. The van der Waals surface area contributed by atoms with Crippen molar-refractivity contribution in [2.75, 3.05) is 11.9 Å². The Morgan fingerprint density at radius 2 is 2.14 bits per heavy atom. The van der Waals surface area contributed by atoms with Gasteiger partial charge in [0.15, 0.2) is 5.84 Å². The Balaban J connectivity index is 1.56. The summed E-state index contributed by atoms with van der Waals surface area (Å²) in [5, 5.41) is 6.29. The van der Waals surface area contributed by atoms with Gasteiger partial charge in [-0.25, -0.2) is 9.79 Å². The number of halogens is 3. The minimum atomic E-state index is -4.56. The first-order valence-electron chi connectivity index (χ1n) is 8.92. The van der Waals surface area contributed by atoms with E-state index >= 15 is 0 Å². The van der Waals surface area contributed by atoms with Crippen molar-refractivity contribution in [3.8, 4) is 0 Å². The molecule has 8 nitrogen and oxygen atoms in total. The Kier molecular flexibility index (Phi) is 4.89. The molecule has 0 aromatic carbocycles. The zero-order valence-electron chi connectivity index (χ0n) is 15.2. The van der Waals surface area contributed by atoms with Crippen molar-refractivity contribution >= 4 is 40.8 Å². The summed E-state index contributed by atoms with van der Waals surface area (Å²) in [5.74, 6) is -0.155. The second-order valence-corrected chi connectivity index (χ2v) is 7.70. The second-order valence-electron chi connectivity index (χ2n) is 7.03. The van der Waals surface area contributed by atoms with Gasteiger partial charge in [0.05, 0.1) is 6.04 Å². The van der Waals surface area contributed by atoms with Gasteiger partial charge in [-0.15, -0.1) is 0 Å². The van der Waals surface area contributed by atoms with Crippen LogP contribution in [0.1, 0.15) is 13.3 Å². The number of aliphatic imine (C=N–C) groups is 2.